The molecule has 3 N–H and O–H groups in total. The van der Waals surface area contributed by atoms with Crippen molar-refractivity contribution in [3.8, 4) is 0 Å². The number of thiocarbonyl (C=S) groups is 1. The van der Waals surface area contributed by atoms with Gasteiger partial charge < -0.3 is 5.32 Å². The van der Waals surface area contributed by atoms with E-state index in [1.54, 1.807) is 11.8 Å². The summed E-state index contributed by atoms with van der Waals surface area (Å²) in [7, 11) is 0. The molecule has 0 unspecified atom stereocenters. The van der Waals surface area contributed by atoms with Crippen LogP contribution in [0, 0.1) is 0 Å². The standard InChI is InChI=1S/C15H16BrN3S2/c16-12-5-4-6-13(11-12)18-19-15(20)17-9-10-21-14-7-2-1-3-8-14/h1-8,11,18H,9-10H2,(H2,17,19,20). The van der Waals surface area contributed by atoms with Crippen molar-refractivity contribution in [3.05, 3.63) is 59.1 Å². The minimum atomic E-state index is 0.587. The molecule has 0 aliphatic rings. The number of halogens is 1. The lowest BCUT2D eigenvalue weighted by atomic mass is 10.3. The van der Waals surface area contributed by atoms with Gasteiger partial charge in [-0.3, -0.25) is 10.9 Å². The largest absolute Gasteiger partial charge is 0.361 e. The molecule has 0 radical (unpaired) electrons. The number of hydrogen-bond donors (Lipinski definition) is 3. The Morgan fingerprint density at radius 1 is 1.10 bits per heavy atom. The van der Waals surface area contributed by atoms with Crippen molar-refractivity contribution >= 4 is 50.7 Å². The highest BCUT2D eigenvalue weighted by atomic mass is 79.9. The van der Waals surface area contributed by atoms with Gasteiger partial charge in [0.05, 0.1) is 5.69 Å². The van der Waals surface area contributed by atoms with Gasteiger partial charge in [0.2, 0.25) is 0 Å². The molecule has 2 aromatic carbocycles. The molecule has 0 atom stereocenters. The lowest BCUT2D eigenvalue weighted by molar-refractivity contribution is 0.935. The highest BCUT2D eigenvalue weighted by molar-refractivity contribution is 9.10. The number of benzene rings is 2. The van der Waals surface area contributed by atoms with Gasteiger partial charge in [-0.15, -0.1) is 11.8 Å². The molecule has 0 heterocycles. The molecule has 0 aliphatic heterocycles. The zero-order valence-corrected chi connectivity index (χ0v) is 14.5. The van der Waals surface area contributed by atoms with Crippen molar-refractivity contribution < 1.29 is 0 Å². The topological polar surface area (TPSA) is 36.1 Å². The van der Waals surface area contributed by atoms with E-state index >= 15 is 0 Å². The van der Waals surface area contributed by atoms with Gasteiger partial charge in [-0.2, -0.15) is 0 Å². The van der Waals surface area contributed by atoms with Crippen LogP contribution in [-0.2, 0) is 0 Å². The van der Waals surface area contributed by atoms with Crippen LogP contribution in [0.3, 0.4) is 0 Å². The quantitative estimate of drug-likeness (QED) is 0.304. The van der Waals surface area contributed by atoms with Crippen LogP contribution >= 0.6 is 39.9 Å². The van der Waals surface area contributed by atoms with Gasteiger partial charge in [0.15, 0.2) is 5.11 Å². The van der Waals surface area contributed by atoms with E-state index < -0.39 is 0 Å². The molecular formula is C15H16BrN3S2. The maximum Gasteiger partial charge on any atom is 0.185 e. The summed E-state index contributed by atoms with van der Waals surface area (Å²) in [5.41, 5.74) is 6.97. The molecule has 0 fully saturated rings. The van der Waals surface area contributed by atoms with E-state index in [0.29, 0.717) is 5.11 Å². The Labute approximate surface area is 143 Å². The Kier molecular flexibility index (Phi) is 6.85. The fourth-order valence-electron chi connectivity index (χ4n) is 1.59. The Hall–Kier alpha value is -1.24. The number of rotatable bonds is 6. The van der Waals surface area contributed by atoms with Gasteiger partial charge in [0.1, 0.15) is 0 Å². The molecule has 0 saturated carbocycles. The predicted molar refractivity (Wildman–Crippen MR) is 98.7 cm³/mol. The van der Waals surface area contributed by atoms with Crippen molar-refractivity contribution in [1.29, 1.82) is 0 Å². The van der Waals surface area contributed by atoms with E-state index in [9.17, 15) is 0 Å². The molecule has 0 amide bonds. The van der Waals surface area contributed by atoms with Crippen LogP contribution in [0.2, 0.25) is 0 Å². The molecule has 0 bridgehead atoms. The highest BCUT2D eigenvalue weighted by Crippen LogP contribution is 2.16. The molecule has 6 heteroatoms. The van der Waals surface area contributed by atoms with Crippen molar-refractivity contribution in [2.45, 2.75) is 4.90 Å². The molecule has 2 rings (SSSR count). The molecule has 0 saturated heterocycles. The van der Waals surface area contributed by atoms with Crippen molar-refractivity contribution in [3.63, 3.8) is 0 Å². The van der Waals surface area contributed by atoms with Crippen LogP contribution in [0.15, 0.2) is 64.0 Å². The van der Waals surface area contributed by atoms with E-state index in [0.717, 1.165) is 22.5 Å². The summed E-state index contributed by atoms with van der Waals surface area (Å²) in [6, 6.07) is 18.2. The Bertz CT molecular complexity index is 578. The molecular weight excluding hydrogens is 366 g/mol. The summed E-state index contributed by atoms with van der Waals surface area (Å²) in [6.45, 7) is 0.811. The van der Waals surface area contributed by atoms with Crippen molar-refractivity contribution in [1.82, 2.24) is 10.7 Å². The summed E-state index contributed by atoms with van der Waals surface area (Å²) >= 11 is 10.4. The van der Waals surface area contributed by atoms with Crippen molar-refractivity contribution in [2.75, 3.05) is 17.7 Å². The summed E-state index contributed by atoms with van der Waals surface area (Å²) in [4.78, 5) is 1.27. The first-order valence-corrected chi connectivity index (χ1v) is 8.66. The van der Waals surface area contributed by atoms with Crippen LogP contribution in [0.25, 0.3) is 0 Å². The minimum Gasteiger partial charge on any atom is -0.361 e. The average molecular weight is 382 g/mol. The number of hydrazine groups is 1. The zero-order valence-electron chi connectivity index (χ0n) is 11.3. The second kappa shape index (κ2) is 8.92. The van der Waals surface area contributed by atoms with E-state index in [1.165, 1.54) is 4.90 Å². The zero-order chi connectivity index (χ0) is 14.9. The third-order valence-electron chi connectivity index (χ3n) is 2.54. The molecule has 3 nitrogen and oxygen atoms in total. The van der Waals surface area contributed by atoms with Crippen LogP contribution < -0.4 is 16.2 Å². The smallest absolute Gasteiger partial charge is 0.185 e. The second-order valence-corrected chi connectivity index (χ2v) is 6.67. The van der Waals surface area contributed by atoms with Crippen LogP contribution in [0.4, 0.5) is 5.69 Å². The monoisotopic (exact) mass is 381 g/mol. The Morgan fingerprint density at radius 3 is 2.67 bits per heavy atom. The number of hydrogen-bond acceptors (Lipinski definition) is 3. The fourth-order valence-corrected chi connectivity index (χ4v) is 2.93. The maximum absolute atomic E-state index is 5.21. The normalized spacial score (nSPS) is 9.95. The SMILES string of the molecule is S=C(NCCSc1ccccc1)NNc1cccc(Br)c1. The lowest BCUT2D eigenvalue weighted by Gasteiger charge is -2.12. The number of anilines is 1. The maximum atomic E-state index is 5.21. The van der Waals surface area contributed by atoms with Gasteiger partial charge in [0, 0.05) is 21.7 Å². The number of nitrogens with one attached hydrogen (secondary N) is 3. The van der Waals surface area contributed by atoms with E-state index in [2.05, 4.69) is 44.2 Å². The van der Waals surface area contributed by atoms with E-state index in [4.69, 9.17) is 12.2 Å². The summed E-state index contributed by atoms with van der Waals surface area (Å²) in [5, 5.41) is 3.75. The first kappa shape index (κ1) is 16.1. The van der Waals surface area contributed by atoms with Gasteiger partial charge >= 0.3 is 0 Å². The van der Waals surface area contributed by atoms with Gasteiger partial charge in [-0.1, -0.05) is 40.2 Å². The molecule has 110 valence electrons. The van der Waals surface area contributed by atoms with Crippen LogP contribution in [0.1, 0.15) is 0 Å². The van der Waals surface area contributed by atoms with Gasteiger partial charge in [0.25, 0.3) is 0 Å². The third-order valence-corrected chi connectivity index (χ3v) is 4.30. The number of thioether (sulfide) groups is 1. The second-order valence-electron chi connectivity index (χ2n) is 4.18. The highest BCUT2D eigenvalue weighted by Gasteiger charge is 1.97. The molecule has 2 aromatic rings. The molecule has 0 spiro atoms. The Morgan fingerprint density at radius 2 is 1.90 bits per heavy atom. The summed E-state index contributed by atoms with van der Waals surface area (Å²) in [6.07, 6.45) is 0. The van der Waals surface area contributed by atoms with Crippen molar-refractivity contribution in [2.24, 2.45) is 0 Å². The fraction of sp³-hybridized carbons (Fsp3) is 0.133. The van der Waals surface area contributed by atoms with E-state index in [1.807, 2.05) is 42.5 Å². The first-order chi connectivity index (χ1) is 10.2. The summed E-state index contributed by atoms with van der Waals surface area (Å²) < 4.78 is 1.02. The minimum absolute atomic E-state index is 0.587. The molecule has 0 aliphatic carbocycles. The van der Waals surface area contributed by atoms with Crippen LogP contribution in [0.5, 0.6) is 0 Å². The van der Waals surface area contributed by atoms with Gasteiger partial charge in [-0.05, 0) is 42.5 Å². The van der Waals surface area contributed by atoms with Gasteiger partial charge in [-0.25, -0.2) is 0 Å². The average Bonchev–Trinajstić information content (AvgIpc) is 2.51. The van der Waals surface area contributed by atoms with Crippen LogP contribution in [-0.4, -0.2) is 17.4 Å². The predicted octanol–water partition coefficient (Wildman–Crippen LogP) is 4.03. The lowest BCUT2D eigenvalue weighted by Crippen LogP contribution is -2.39. The molecule has 21 heavy (non-hydrogen) atoms. The summed E-state index contributed by atoms with van der Waals surface area (Å²) in [5.74, 6) is 0.961. The Balaban J connectivity index is 1.62. The molecule has 0 aromatic heterocycles. The first-order valence-electron chi connectivity index (χ1n) is 6.47. The third kappa shape index (κ3) is 6.37. The van der Waals surface area contributed by atoms with E-state index in [-0.39, 0.29) is 0 Å².